The standard InChI is InChI=1S/C29H33N4O8P/c1-20(2)27(36)39-18-29(16-22(29)17-33-14-13-25(30)31-28(33)37)19-40-42(38,41-23-11-7-4-8-12-23)32-24(26(34)35)15-21-9-5-3-6-10-21/h3-14,17,20,24H,15-16,18-19H2,1-2H3,(H,32,38)(H,34,35)(H2,30,31,37)/b22-17-/t24-,29?,42-/m0/s1. The number of ether oxygens (including phenoxy) is 1. The van der Waals surface area contributed by atoms with E-state index in [1.54, 1.807) is 74.5 Å². The van der Waals surface area contributed by atoms with Crippen molar-refractivity contribution < 1.29 is 33.0 Å². The van der Waals surface area contributed by atoms with E-state index in [4.69, 9.17) is 19.5 Å². The van der Waals surface area contributed by atoms with E-state index < -0.39 is 36.8 Å². The second kappa shape index (κ2) is 13.2. The van der Waals surface area contributed by atoms with Crippen molar-refractivity contribution in [2.75, 3.05) is 18.9 Å². The van der Waals surface area contributed by atoms with E-state index >= 15 is 0 Å². The molecule has 1 aliphatic rings. The molecule has 4 rings (SSSR count). The molecule has 42 heavy (non-hydrogen) atoms. The van der Waals surface area contributed by atoms with Gasteiger partial charge in [-0.1, -0.05) is 62.4 Å². The van der Waals surface area contributed by atoms with Crippen LogP contribution in [0.2, 0.25) is 0 Å². The minimum Gasteiger partial charge on any atom is -0.480 e. The van der Waals surface area contributed by atoms with Crippen LogP contribution in [0.5, 0.6) is 5.75 Å². The van der Waals surface area contributed by atoms with Crippen LogP contribution in [0.1, 0.15) is 25.8 Å². The van der Waals surface area contributed by atoms with E-state index in [2.05, 4.69) is 10.1 Å². The summed E-state index contributed by atoms with van der Waals surface area (Å²) in [6.45, 7) is 3.00. The third-order valence-electron chi connectivity index (χ3n) is 6.57. The van der Waals surface area contributed by atoms with Crippen LogP contribution in [0.4, 0.5) is 5.82 Å². The molecule has 0 aliphatic heterocycles. The van der Waals surface area contributed by atoms with Crippen LogP contribution >= 0.6 is 7.75 Å². The monoisotopic (exact) mass is 596 g/mol. The summed E-state index contributed by atoms with van der Waals surface area (Å²) in [7, 11) is -4.33. The summed E-state index contributed by atoms with van der Waals surface area (Å²) in [5.41, 5.74) is 5.41. The van der Waals surface area contributed by atoms with E-state index in [9.17, 15) is 24.1 Å². The Kier molecular flexibility index (Phi) is 9.62. The van der Waals surface area contributed by atoms with Gasteiger partial charge in [0.25, 0.3) is 0 Å². The van der Waals surface area contributed by atoms with Gasteiger partial charge in [0.05, 0.1) is 17.9 Å². The van der Waals surface area contributed by atoms with E-state index in [0.717, 1.165) is 0 Å². The maximum absolute atomic E-state index is 14.1. The van der Waals surface area contributed by atoms with Gasteiger partial charge in [0.15, 0.2) is 0 Å². The number of esters is 1. The smallest absolute Gasteiger partial charge is 0.459 e. The van der Waals surface area contributed by atoms with Crippen LogP contribution in [0.15, 0.2) is 83.3 Å². The van der Waals surface area contributed by atoms with Crippen molar-refractivity contribution in [2.45, 2.75) is 32.7 Å². The number of nitrogens with one attached hydrogen (secondary N) is 1. The molecule has 1 aromatic heterocycles. The second-order valence-corrected chi connectivity index (χ2v) is 12.0. The molecule has 1 heterocycles. The average molecular weight is 597 g/mol. The molecular weight excluding hydrogens is 563 g/mol. The molecule has 12 nitrogen and oxygen atoms in total. The highest BCUT2D eigenvalue weighted by molar-refractivity contribution is 7.52. The van der Waals surface area contributed by atoms with Crippen LogP contribution in [0, 0.1) is 11.3 Å². The minimum atomic E-state index is -4.33. The van der Waals surface area contributed by atoms with Gasteiger partial charge in [-0.05, 0) is 42.2 Å². The average Bonchev–Trinajstić information content (AvgIpc) is 3.65. The van der Waals surface area contributed by atoms with Gasteiger partial charge in [0.1, 0.15) is 24.2 Å². The number of nitrogen functional groups attached to an aromatic ring is 1. The summed E-state index contributed by atoms with van der Waals surface area (Å²) < 4.78 is 32.5. The fourth-order valence-electron chi connectivity index (χ4n) is 4.05. The number of rotatable bonds is 14. The van der Waals surface area contributed by atoms with Gasteiger partial charge in [-0.15, -0.1) is 0 Å². The van der Waals surface area contributed by atoms with E-state index in [1.807, 2.05) is 0 Å². The fourth-order valence-corrected chi connectivity index (χ4v) is 5.63. The first kappa shape index (κ1) is 30.7. The van der Waals surface area contributed by atoms with Crippen molar-refractivity contribution in [3.8, 4) is 5.75 Å². The van der Waals surface area contributed by atoms with Crippen molar-refractivity contribution in [3.05, 3.63) is 94.5 Å². The highest BCUT2D eigenvalue weighted by atomic mass is 31.2. The van der Waals surface area contributed by atoms with Crippen LogP contribution in [-0.2, 0) is 29.8 Å². The number of carboxylic acid groups (broad SMARTS) is 1. The normalized spacial score (nSPS) is 19.2. The first-order valence-corrected chi connectivity index (χ1v) is 14.8. The molecule has 0 saturated heterocycles. The number of benzene rings is 2. The van der Waals surface area contributed by atoms with Crippen LogP contribution in [0.3, 0.4) is 0 Å². The Morgan fingerprint density at radius 3 is 2.40 bits per heavy atom. The Hall–Kier alpha value is -4.25. The van der Waals surface area contributed by atoms with Crippen molar-refractivity contribution >= 4 is 31.7 Å². The topological polar surface area (TPSA) is 172 Å². The molecule has 0 spiro atoms. The lowest BCUT2D eigenvalue weighted by atomic mass is 10.1. The zero-order chi connectivity index (χ0) is 30.3. The Morgan fingerprint density at radius 2 is 1.79 bits per heavy atom. The molecule has 1 aliphatic carbocycles. The molecule has 4 N–H and O–H groups in total. The number of hydrogen-bond donors (Lipinski definition) is 3. The Labute approximate surface area is 242 Å². The molecule has 2 aromatic carbocycles. The number of anilines is 1. The molecule has 3 atom stereocenters. The molecule has 0 radical (unpaired) electrons. The van der Waals surface area contributed by atoms with Crippen molar-refractivity contribution in [1.29, 1.82) is 0 Å². The molecule has 1 unspecified atom stereocenters. The van der Waals surface area contributed by atoms with Crippen LogP contribution in [0.25, 0.3) is 6.20 Å². The number of aliphatic carboxylic acids is 1. The van der Waals surface area contributed by atoms with Gasteiger partial charge in [-0.2, -0.15) is 10.1 Å². The van der Waals surface area contributed by atoms with E-state index in [1.165, 1.54) is 23.0 Å². The summed E-state index contributed by atoms with van der Waals surface area (Å²) in [5, 5.41) is 12.5. The summed E-state index contributed by atoms with van der Waals surface area (Å²) in [4.78, 5) is 40.5. The van der Waals surface area contributed by atoms with Gasteiger partial charge in [-0.3, -0.25) is 18.7 Å². The maximum Gasteiger partial charge on any atom is 0.459 e. The van der Waals surface area contributed by atoms with E-state index in [0.29, 0.717) is 17.6 Å². The molecule has 1 saturated carbocycles. The summed E-state index contributed by atoms with van der Waals surface area (Å²) in [5.74, 6) is -1.81. The van der Waals surface area contributed by atoms with Crippen molar-refractivity contribution in [2.24, 2.45) is 11.3 Å². The number of para-hydroxylation sites is 1. The number of nitrogens with two attached hydrogens (primary N) is 1. The molecule has 13 heteroatoms. The van der Waals surface area contributed by atoms with Gasteiger partial charge in [-0.25, -0.2) is 9.36 Å². The number of carboxylic acids is 1. The SMILES string of the molecule is CC(C)C(=O)OCC1(CO[P@@](=O)(N[C@@H](Cc2ccccc2)C(=O)O)Oc2ccccc2)C/C1=C/n1ccc(N)nc1=O. The number of aromatic nitrogens is 2. The lowest BCUT2D eigenvalue weighted by Gasteiger charge is -2.25. The predicted octanol–water partition coefficient (Wildman–Crippen LogP) is 3.74. The third kappa shape index (κ3) is 8.16. The Morgan fingerprint density at radius 1 is 1.12 bits per heavy atom. The van der Waals surface area contributed by atoms with Crippen molar-refractivity contribution in [1.82, 2.24) is 14.6 Å². The summed E-state index contributed by atoms with van der Waals surface area (Å²) in [6, 6.07) is 17.2. The van der Waals surface area contributed by atoms with E-state index in [-0.39, 0.29) is 37.1 Å². The van der Waals surface area contributed by atoms with Gasteiger partial charge >= 0.3 is 25.4 Å². The number of nitrogens with zero attached hydrogens (tertiary/aromatic N) is 2. The summed E-state index contributed by atoms with van der Waals surface area (Å²) >= 11 is 0. The summed E-state index contributed by atoms with van der Waals surface area (Å²) in [6.07, 6.45) is 3.34. The zero-order valence-electron chi connectivity index (χ0n) is 23.2. The molecule has 222 valence electrons. The highest BCUT2D eigenvalue weighted by Gasteiger charge is 2.52. The van der Waals surface area contributed by atoms with Gasteiger partial charge < -0.3 is 20.1 Å². The Balaban J connectivity index is 1.61. The molecule has 0 bridgehead atoms. The molecule has 3 aromatic rings. The highest BCUT2D eigenvalue weighted by Crippen LogP contribution is 2.56. The fraction of sp³-hybridized carbons (Fsp3) is 0.310. The lowest BCUT2D eigenvalue weighted by Crippen LogP contribution is -2.38. The largest absolute Gasteiger partial charge is 0.480 e. The van der Waals surface area contributed by atoms with Crippen molar-refractivity contribution in [3.63, 3.8) is 0 Å². The second-order valence-electron chi connectivity index (χ2n) is 10.3. The minimum absolute atomic E-state index is 0.0109. The molecular formula is C29H33N4O8P. The molecule has 0 amide bonds. The number of hydrogen-bond acceptors (Lipinski definition) is 9. The van der Waals surface area contributed by atoms with Crippen LogP contribution < -0.4 is 21.0 Å². The number of carbonyl (C=O) groups is 2. The number of carbonyl (C=O) groups excluding carboxylic acids is 1. The van der Waals surface area contributed by atoms with Crippen LogP contribution in [-0.4, -0.2) is 45.9 Å². The molecule has 1 fully saturated rings. The van der Waals surface area contributed by atoms with Gasteiger partial charge in [0.2, 0.25) is 0 Å². The first-order chi connectivity index (χ1) is 20.0. The predicted molar refractivity (Wildman–Crippen MR) is 155 cm³/mol. The Bertz CT molecular complexity index is 1540. The third-order valence-corrected chi connectivity index (χ3v) is 8.12. The lowest BCUT2D eigenvalue weighted by molar-refractivity contribution is -0.149. The first-order valence-electron chi connectivity index (χ1n) is 13.2. The zero-order valence-corrected chi connectivity index (χ0v) is 24.1. The maximum atomic E-state index is 14.1. The van der Waals surface area contributed by atoms with Gasteiger partial charge in [0, 0.05) is 12.4 Å². The quantitative estimate of drug-likeness (QED) is 0.183.